The van der Waals surface area contributed by atoms with Crippen LogP contribution in [0.25, 0.3) is 0 Å². The monoisotopic (exact) mass is 293 g/mol. The summed E-state index contributed by atoms with van der Waals surface area (Å²) in [6, 6.07) is 0.498. The number of nitrogens with one attached hydrogen (secondary N) is 1. The fourth-order valence-corrected chi connectivity index (χ4v) is 4.33. The Labute approximate surface area is 126 Å². The predicted molar refractivity (Wildman–Crippen MR) is 86.7 cm³/mol. The van der Waals surface area contributed by atoms with E-state index < -0.39 is 0 Å². The summed E-state index contributed by atoms with van der Waals surface area (Å²) in [5.74, 6) is 0.937. The number of rotatable bonds is 7. The number of hydrogen-bond acceptors (Lipinski definition) is 4. The zero-order valence-corrected chi connectivity index (χ0v) is 13.6. The van der Waals surface area contributed by atoms with E-state index in [1.54, 1.807) is 0 Å². The van der Waals surface area contributed by atoms with Gasteiger partial charge in [0.25, 0.3) is 0 Å². The van der Waals surface area contributed by atoms with Crippen LogP contribution in [0.2, 0.25) is 0 Å². The first-order chi connectivity index (χ1) is 9.81. The van der Waals surface area contributed by atoms with Crippen molar-refractivity contribution in [1.29, 1.82) is 0 Å². The zero-order chi connectivity index (χ0) is 13.9. The fourth-order valence-electron chi connectivity index (χ4n) is 3.13. The van der Waals surface area contributed by atoms with E-state index in [9.17, 15) is 0 Å². The lowest BCUT2D eigenvalue weighted by Crippen LogP contribution is -2.27. The second-order valence-corrected chi connectivity index (χ2v) is 7.26. The van der Waals surface area contributed by atoms with Crippen LogP contribution in [0.5, 0.6) is 0 Å². The molecule has 0 amide bonds. The van der Waals surface area contributed by atoms with E-state index in [1.807, 2.05) is 11.3 Å². The fraction of sp³-hybridized carbons (Fsp3) is 0.812. The molecule has 1 aromatic heterocycles. The Kier molecular flexibility index (Phi) is 4.61. The van der Waals surface area contributed by atoms with E-state index in [-0.39, 0.29) is 0 Å². The highest BCUT2D eigenvalue weighted by Crippen LogP contribution is 2.38. The first-order valence-corrected chi connectivity index (χ1v) is 9.11. The van der Waals surface area contributed by atoms with Gasteiger partial charge >= 0.3 is 0 Å². The summed E-state index contributed by atoms with van der Waals surface area (Å²) >= 11 is 1.96. The summed E-state index contributed by atoms with van der Waals surface area (Å²) in [4.78, 5) is 9.11. The zero-order valence-electron chi connectivity index (χ0n) is 12.8. The van der Waals surface area contributed by atoms with Crippen LogP contribution in [0.3, 0.4) is 0 Å². The molecule has 4 heteroatoms. The third-order valence-electron chi connectivity index (χ3n) is 4.33. The maximum atomic E-state index is 5.03. The smallest absolute Gasteiger partial charge is 0.185 e. The van der Waals surface area contributed by atoms with Gasteiger partial charge in [-0.05, 0) is 51.0 Å². The standard InChI is InChI=1S/C16H27N3S/c1-3-10-19(11-12-8-9-12)16-18-15-13(17-4-2)6-5-7-14(15)20-16/h12-13,17H,3-11H2,1-2H3. The number of nitrogens with zero attached hydrogens (tertiary/aromatic N) is 2. The van der Waals surface area contributed by atoms with E-state index in [4.69, 9.17) is 4.98 Å². The van der Waals surface area contributed by atoms with Crippen molar-refractivity contribution in [2.45, 2.75) is 58.4 Å². The topological polar surface area (TPSA) is 28.2 Å². The number of aromatic nitrogens is 1. The quantitative estimate of drug-likeness (QED) is 0.829. The second-order valence-electron chi connectivity index (χ2n) is 6.20. The molecule has 3 rings (SSSR count). The molecule has 1 unspecified atom stereocenters. The summed E-state index contributed by atoms with van der Waals surface area (Å²) in [7, 11) is 0. The Balaban J connectivity index is 1.78. The lowest BCUT2D eigenvalue weighted by atomic mass is 9.98. The van der Waals surface area contributed by atoms with Crippen molar-refractivity contribution in [2.24, 2.45) is 5.92 Å². The van der Waals surface area contributed by atoms with E-state index in [0.29, 0.717) is 6.04 Å². The van der Waals surface area contributed by atoms with E-state index in [0.717, 1.165) is 19.0 Å². The van der Waals surface area contributed by atoms with Crippen LogP contribution in [0, 0.1) is 5.92 Å². The maximum Gasteiger partial charge on any atom is 0.185 e. The van der Waals surface area contributed by atoms with Crippen molar-refractivity contribution in [3.05, 3.63) is 10.6 Å². The van der Waals surface area contributed by atoms with Crippen molar-refractivity contribution in [3.8, 4) is 0 Å². The molecule has 0 saturated heterocycles. The second kappa shape index (κ2) is 6.44. The first-order valence-electron chi connectivity index (χ1n) is 8.29. The molecule has 0 aromatic carbocycles. The molecule has 112 valence electrons. The third kappa shape index (κ3) is 3.17. The average molecular weight is 293 g/mol. The molecule has 2 aliphatic rings. The molecule has 3 nitrogen and oxygen atoms in total. The van der Waals surface area contributed by atoms with Crippen LogP contribution in [-0.2, 0) is 6.42 Å². The summed E-state index contributed by atoms with van der Waals surface area (Å²) in [5, 5.41) is 4.89. The number of anilines is 1. The highest BCUT2D eigenvalue weighted by Gasteiger charge is 2.28. The van der Waals surface area contributed by atoms with Gasteiger partial charge in [0.2, 0.25) is 0 Å². The van der Waals surface area contributed by atoms with Crippen molar-refractivity contribution < 1.29 is 0 Å². The molecule has 1 atom stereocenters. The van der Waals surface area contributed by atoms with Crippen LogP contribution >= 0.6 is 11.3 Å². The summed E-state index contributed by atoms with van der Waals surface area (Å²) in [6.07, 6.45) is 7.85. The number of thiazole rings is 1. The SMILES string of the molecule is CCCN(CC1CC1)c1nc2c(s1)CCCC2NCC. The van der Waals surface area contributed by atoms with E-state index in [1.165, 1.54) is 60.8 Å². The molecule has 1 N–H and O–H groups in total. The van der Waals surface area contributed by atoms with Gasteiger partial charge in [-0.2, -0.15) is 0 Å². The van der Waals surface area contributed by atoms with Crippen molar-refractivity contribution in [3.63, 3.8) is 0 Å². The van der Waals surface area contributed by atoms with E-state index in [2.05, 4.69) is 24.1 Å². The first kappa shape index (κ1) is 14.3. The van der Waals surface area contributed by atoms with Gasteiger partial charge in [0.1, 0.15) is 0 Å². The van der Waals surface area contributed by atoms with Gasteiger partial charge in [0.05, 0.1) is 11.7 Å². The van der Waals surface area contributed by atoms with Crippen LogP contribution in [-0.4, -0.2) is 24.6 Å². The molecular weight excluding hydrogens is 266 g/mol. The normalized spacial score (nSPS) is 21.8. The van der Waals surface area contributed by atoms with Crippen LogP contribution in [0.1, 0.15) is 62.6 Å². The van der Waals surface area contributed by atoms with Gasteiger partial charge in [-0.1, -0.05) is 13.8 Å². The van der Waals surface area contributed by atoms with Gasteiger partial charge in [0, 0.05) is 18.0 Å². The minimum absolute atomic E-state index is 0.498. The molecule has 0 bridgehead atoms. The molecule has 2 aliphatic carbocycles. The van der Waals surface area contributed by atoms with Gasteiger partial charge in [-0.15, -0.1) is 11.3 Å². The average Bonchev–Trinajstić information content (AvgIpc) is 3.15. The van der Waals surface area contributed by atoms with Crippen LogP contribution in [0.15, 0.2) is 0 Å². The Bertz CT molecular complexity index is 439. The van der Waals surface area contributed by atoms with Crippen LogP contribution in [0.4, 0.5) is 5.13 Å². The molecule has 1 heterocycles. The molecule has 1 aromatic rings. The van der Waals surface area contributed by atoms with E-state index >= 15 is 0 Å². The molecule has 1 fully saturated rings. The molecule has 0 spiro atoms. The highest BCUT2D eigenvalue weighted by atomic mass is 32.1. The Morgan fingerprint density at radius 2 is 2.15 bits per heavy atom. The van der Waals surface area contributed by atoms with Crippen molar-refractivity contribution >= 4 is 16.5 Å². The minimum Gasteiger partial charge on any atom is -0.348 e. The van der Waals surface area contributed by atoms with Gasteiger partial charge < -0.3 is 10.2 Å². The molecular formula is C16H27N3S. The Morgan fingerprint density at radius 3 is 2.85 bits per heavy atom. The number of aryl methyl sites for hydroxylation is 1. The molecule has 1 saturated carbocycles. The molecule has 0 radical (unpaired) electrons. The molecule has 0 aliphatic heterocycles. The lowest BCUT2D eigenvalue weighted by molar-refractivity contribution is 0.465. The largest absolute Gasteiger partial charge is 0.348 e. The van der Waals surface area contributed by atoms with Crippen molar-refractivity contribution in [2.75, 3.05) is 24.5 Å². The highest BCUT2D eigenvalue weighted by molar-refractivity contribution is 7.15. The Morgan fingerprint density at radius 1 is 1.30 bits per heavy atom. The molecule has 20 heavy (non-hydrogen) atoms. The maximum absolute atomic E-state index is 5.03. The van der Waals surface area contributed by atoms with Gasteiger partial charge in [-0.3, -0.25) is 0 Å². The Hall–Kier alpha value is -0.610. The number of fused-ring (bicyclic) bond motifs is 1. The lowest BCUT2D eigenvalue weighted by Gasteiger charge is -2.22. The van der Waals surface area contributed by atoms with Gasteiger partial charge in [-0.25, -0.2) is 4.98 Å². The van der Waals surface area contributed by atoms with Gasteiger partial charge in [0.15, 0.2) is 5.13 Å². The predicted octanol–water partition coefficient (Wildman–Crippen LogP) is 3.76. The van der Waals surface area contributed by atoms with Crippen molar-refractivity contribution in [1.82, 2.24) is 10.3 Å². The summed E-state index contributed by atoms with van der Waals surface area (Å²) in [5.41, 5.74) is 1.36. The summed E-state index contributed by atoms with van der Waals surface area (Å²) in [6.45, 7) is 7.89. The summed E-state index contributed by atoms with van der Waals surface area (Å²) < 4.78 is 0. The van der Waals surface area contributed by atoms with Crippen LogP contribution < -0.4 is 10.2 Å². The minimum atomic E-state index is 0.498. The number of hydrogen-bond donors (Lipinski definition) is 1. The third-order valence-corrected chi connectivity index (χ3v) is 5.52.